The maximum Gasteiger partial charge on any atom is 0.222 e. The Labute approximate surface area is 94.6 Å². The number of anilines is 1. The zero-order valence-electron chi connectivity index (χ0n) is 7.30. The average molecular weight is 247 g/mol. The van der Waals surface area contributed by atoms with Crippen LogP contribution in [0.4, 0.5) is 10.3 Å². The minimum absolute atomic E-state index is 0.0315. The van der Waals surface area contributed by atoms with E-state index in [1.54, 1.807) is 0 Å². The fourth-order valence-electron chi connectivity index (χ4n) is 1.14. The van der Waals surface area contributed by atoms with Gasteiger partial charge in [-0.1, -0.05) is 28.4 Å². The Morgan fingerprint density at radius 2 is 1.93 bits per heavy atom. The van der Waals surface area contributed by atoms with Crippen molar-refractivity contribution in [3.63, 3.8) is 0 Å². The van der Waals surface area contributed by atoms with Crippen LogP contribution in [0.15, 0.2) is 22.7 Å². The molecule has 0 aliphatic carbocycles. The molecule has 0 atom stereocenters. The van der Waals surface area contributed by atoms with Gasteiger partial charge in [-0.2, -0.15) is 0 Å². The van der Waals surface area contributed by atoms with Crippen LogP contribution >= 0.6 is 23.2 Å². The second-order valence-corrected chi connectivity index (χ2v) is 3.68. The molecule has 1 aromatic heterocycles. The number of hydrogen-bond acceptors (Lipinski definition) is 3. The van der Waals surface area contributed by atoms with Crippen molar-refractivity contribution < 1.29 is 8.91 Å². The quantitative estimate of drug-likeness (QED) is 0.786. The number of halogens is 3. The molecule has 0 bridgehead atoms. The molecule has 1 heterocycles. The molecule has 2 N–H and O–H groups in total. The molecule has 0 aliphatic rings. The molecular formula is C9H5Cl2FN2O. The number of nitrogens with zero attached hydrogens (tertiary/aromatic N) is 1. The molecule has 0 unspecified atom stereocenters. The SMILES string of the molecule is Nc1cc(-c2cc(Cl)c(F)cc2Cl)no1. The Morgan fingerprint density at radius 1 is 1.20 bits per heavy atom. The standard InChI is InChI=1S/C9H5Cl2FN2O/c10-5-2-7(12)6(11)1-4(5)8-3-9(13)15-14-8/h1-3H,13H2. The summed E-state index contributed by atoms with van der Waals surface area (Å²) in [5, 5.41) is 3.82. The molecule has 0 spiro atoms. The van der Waals surface area contributed by atoms with Crippen molar-refractivity contribution in [3.05, 3.63) is 34.1 Å². The Morgan fingerprint density at radius 3 is 2.53 bits per heavy atom. The van der Waals surface area contributed by atoms with E-state index in [0.717, 1.165) is 6.07 Å². The first-order chi connectivity index (χ1) is 7.08. The Balaban J connectivity index is 2.58. The Hall–Kier alpha value is -1.26. The van der Waals surface area contributed by atoms with Gasteiger partial charge in [0, 0.05) is 11.6 Å². The summed E-state index contributed by atoms with van der Waals surface area (Å²) >= 11 is 11.4. The van der Waals surface area contributed by atoms with Crippen molar-refractivity contribution in [2.75, 3.05) is 5.73 Å². The van der Waals surface area contributed by atoms with Crippen LogP contribution in [0.5, 0.6) is 0 Å². The van der Waals surface area contributed by atoms with E-state index in [1.807, 2.05) is 0 Å². The third kappa shape index (κ3) is 1.91. The van der Waals surface area contributed by atoms with Gasteiger partial charge in [0.05, 0.1) is 10.0 Å². The molecule has 1 aromatic carbocycles. The van der Waals surface area contributed by atoms with Gasteiger partial charge in [0.2, 0.25) is 5.88 Å². The molecule has 0 amide bonds. The summed E-state index contributed by atoms with van der Waals surface area (Å²) in [4.78, 5) is 0. The summed E-state index contributed by atoms with van der Waals surface area (Å²) in [6.07, 6.45) is 0. The second kappa shape index (κ2) is 3.72. The molecule has 0 fully saturated rings. The summed E-state index contributed by atoms with van der Waals surface area (Å²) in [6.45, 7) is 0. The van der Waals surface area contributed by atoms with Gasteiger partial charge >= 0.3 is 0 Å². The van der Waals surface area contributed by atoms with E-state index in [1.165, 1.54) is 12.1 Å². The van der Waals surface area contributed by atoms with Crippen molar-refractivity contribution >= 4 is 29.1 Å². The molecule has 2 aromatic rings. The number of nitrogen functional groups attached to an aromatic ring is 1. The largest absolute Gasteiger partial charge is 0.368 e. The fraction of sp³-hybridized carbons (Fsp3) is 0. The topological polar surface area (TPSA) is 52.0 Å². The smallest absolute Gasteiger partial charge is 0.222 e. The lowest BCUT2D eigenvalue weighted by atomic mass is 10.1. The maximum absolute atomic E-state index is 13.0. The molecule has 0 saturated carbocycles. The number of hydrogen-bond donors (Lipinski definition) is 1. The highest BCUT2D eigenvalue weighted by Gasteiger charge is 2.12. The number of nitrogens with two attached hydrogens (primary N) is 1. The maximum atomic E-state index is 13.0. The lowest BCUT2D eigenvalue weighted by Crippen LogP contribution is -1.83. The molecule has 3 nitrogen and oxygen atoms in total. The van der Waals surface area contributed by atoms with E-state index in [2.05, 4.69) is 9.68 Å². The van der Waals surface area contributed by atoms with Crippen LogP contribution in [0.1, 0.15) is 0 Å². The minimum Gasteiger partial charge on any atom is -0.368 e. The third-order valence-electron chi connectivity index (χ3n) is 1.81. The first kappa shape index (κ1) is 10.3. The van der Waals surface area contributed by atoms with E-state index in [-0.39, 0.29) is 15.9 Å². The van der Waals surface area contributed by atoms with Gasteiger partial charge in [0.1, 0.15) is 11.5 Å². The van der Waals surface area contributed by atoms with Crippen molar-refractivity contribution in [1.82, 2.24) is 5.16 Å². The highest BCUT2D eigenvalue weighted by molar-refractivity contribution is 6.35. The van der Waals surface area contributed by atoms with Crippen LogP contribution < -0.4 is 5.73 Å². The highest BCUT2D eigenvalue weighted by atomic mass is 35.5. The lowest BCUT2D eigenvalue weighted by Gasteiger charge is -2.01. The van der Waals surface area contributed by atoms with Gasteiger partial charge in [0.25, 0.3) is 0 Å². The highest BCUT2D eigenvalue weighted by Crippen LogP contribution is 2.32. The zero-order valence-corrected chi connectivity index (χ0v) is 8.81. The lowest BCUT2D eigenvalue weighted by molar-refractivity contribution is 0.439. The van der Waals surface area contributed by atoms with Crippen molar-refractivity contribution in [1.29, 1.82) is 0 Å². The van der Waals surface area contributed by atoms with Crippen LogP contribution in [0.2, 0.25) is 10.0 Å². The van der Waals surface area contributed by atoms with Gasteiger partial charge in [-0.25, -0.2) is 4.39 Å². The summed E-state index contributed by atoms with van der Waals surface area (Å²) in [5.74, 6) is -0.427. The molecule has 2 rings (SSSR count). The minimum atomic E-state index is -0.582. The van der Waals surface area contributed by atoms with E-state index >= 15 is 0 Å². The zero-order chi connectivity index (χ0) is 11.0. The summed E-state index contributed by atoms with van der Waals surface area (Å²) in [7, 11) is 0. The molecular weight excluding hydrogens is 242 g/mol. The van der Waals surface area contributed by atoms with Gasteiger partial charge in [-0.05, 0) is 12.1 Å². The second-order valence-electron chi connectivity index (χ2n) is 2.86. The van der Waals surface area contributed by atoms with Crippen LogP contribution in [0, 0.1) is 5.82 Å². The number of rotatable bonds is 1. The van der Waals surface area contributed by atoms with Crippen LogP contribution in [0.3, 0.4) is 0 Å². The summed E-state index contributed by atoms with van der Waals surface area (Å²) in [6, 6.07) is 3.97. The van der Waals surface area contributed by atoms with Gasteiger partial charge < -0.3 is 10.3 Å². The van der Waals surface area contributed by atoms with Crippen LogP contribution in [0.25, 0.3) is 11.3 Å². The van der Waals surface area contributed by atoms with Crippen molar-refractivity contribution in [2.24, 2.45) is 0 Å². The molecule has 6 heteroatoms. The van der Waals surface area contributed by atoms with Crippen LogP contribution in [-0.2, 0) is 0 Å². The van der Waals surface area contributed by atoms with Crippen molar-refractivity contribution in [2.45, 2.75) is 0 Å². The van der Waals surface area contributed by atoms with Gasteiger partial charge in [0.15, 0.2) is 0 Å². The van der Waals surface area contributed by atoms with Crippen molar-refractivity contribution in [3.8, 4) is 11.3 Å². The first-order valence-electron chi connectivity index (χ1n) is 3.95. The number of benzene rings is 1. The van der Waals surface area contributed by atoms with Gasteiger partial charge in [-0.15, -0.1) is 0 Å². The molecule has 0 radical (unpaired) electrons. The average Bonchev–Trinajstić information content (AvgIpc) is 2.58. The molecule has 78 valence electrons. The molecule has 0 saturated heterocycles. The normalized spacial score (nSPS) is 10.6. The molecule has 0 aliphatic heterocycles. The van der Waals surface area contributed by atoms with Gasteiger partial charge in [-0.3, -0.25) is 0 Å². The predicted molar refractivity (Wildman–Crippen MR) is 56.3 cm³/mol. The Bertz CT molecular complexity index is 513. The number of aromatic nitrogens is 1. The Kier molecular flexibility index (Phi) is 2.54. The monoisotopic (exact) mass is 246 g/mol. The first-order valence-corrected chi connectivity index (χ1v) is 4.70. The summed E-state index contributed by atoms with van der Waals surface area (Å²) < 4.78 is 17.7. The predicted octanol–water partition coefficient (Wildman–Crippen LogP) is 3.37. The van der Waals surface area contributed by atoms with E-state index in [4.69, 9.17) is 28.9 Å². The summed E-state index contributed by atoms with van der Waals surface area (Å²) in [5.41, 5.74) is 6.25. The van der Waals surface area contributed by atoms with Crippen LogP contribution in [-0.4, -0.2) is 5.16 Å². The van der Waals surface area contributed by atoms with E-state index < -0.39 is 5.82 Å². The van der Waals surface area contributed by atoms with E-state index in [0.29, 0.717) is 11.3 Å². The van der Waals surface area contributed by atoms with E-state index in [9.17, 15) is 4.39 Å². The fourth-order valence-corrected chi connectivity index (χ4v) is 1.55. The third-order valence-corrected chi connectivity index (χ3v) is 2.42. The molecule has 15 heavy (non-hydrogen) atoms.